The molecule has 64 valence electrons. The summed E-state index contributed by atoms with van der Waals surface area (Å²) in [5, 5.41) is 2.31. The molecule has 6 heteroatoms. The highest BCUT2D eigenvalue weighted by atomic mass is 79.9. The number of amides is 1. The Bertz CT molecular complexity index is 360. The van der Waals surface area contributed by atoms with Crippen molar-refractivity contribution in [2.24, 2.45) is 0 Å². The van der Waals surface area contributed by atoms with Crippen molar-refractivity contribution in [2.75, 3.05) is 7.05 Å². The van der Waals surface area contributed by atoms with Crippen LogP contribution in [-0.2, 0) is 0 Å². The summed E-state index contributed by atoms with van der Waals surface area (Å²) >= 11 is 3.09. The Hall–Kier alpha value is -1.17. The number of hydrogen-bond acceptors (Lipinski definition) is 3. The zero-order chi connectivity index (χ0) is 9.14. The van der Waals surface area contributed by atoms with Crippen LogP contribution in [-0.4, -0.2) is 22.6 Å². The summed E-state index contributed by atoms with van der Waals surface area (Å²) in [6.45, 7) is 0. The first kappa shape index (κ1) is 8.92. The molecule has 0 radical (unpaired) electrons. The van der Waals surface area contributed by atoms with E-state index >= 15 is 0 Å². The van der Waals surface area contributed by atoms with Crippen LogP contribution < -0.4 is 11.0 Å². The summed E-state index contributed by atoms with van der Waals surface area (Å²) < 4.78 is 1.45. The minimum Gasteiger partial charge on any atom is -0.340 e. The molecule has 12 heavy (non-hydrogen) atoms. The lowest BCUT2D eigenvalue weighted by Crippen LogP contribution is -2.34. The predicted octanol–water partition coefficient (Wildman–Crippen LogP) is 0.193. The minimum atomic E-state index is -0.599. The lowest BCUT2D eigenvalue weighted by Gasteiger charge is -2.00. The summed E-state index contributed by atoms with van der Waals surface area (Å²) in [7, 11) is 1.44. The molecule has 0 saturated heterocycles. The quantitative estimate of drug-likeness (QED) is 0.694. The zero-order valence-electron chi connectivity index (χ0n) is 6.24. The van der Waals surface area contributed by atoms with Gasteiger partial charge in [-0.15, -0.1) is 0 Å². The zero-order valence-corrected chi connectivity index (χ0v) is 7.83. The fourth-order valence-electron chi connectivity index (χ4n) is 0.657. The van der Waals surface area contributed by atoms with Crippen LogP contribution in [0.5, 0.6) is 0 Å². The standard InChI is InChI=1S/C6H6BrN3O2/c1-8-5(11)10-3-4(7)2-9-6(10)12/h2-3H,1H3,(H,8,11). The summed E-state index contributed by atoms with van der Waals surface area (Å²) in [4.78, 5) is 25.4. The highest BCUT2D eigenvalue weighted by molar-refractivity contribution is 9.10. The molecule has 1 N–H and O–H groups in total. The average molecular weight is 232 g/mol. The first-order valence-corrected chi connectivity index (χ1v) is 3.90. The first-order valence-electron chi connectivity index (χ1n) is 3.11. The van der Waals surface area contributed by atoms with E-state index in [1.165, 1.54) is 19.4 Å². The van der Waals surface area contributed by atoms with Crippen LogP contribution in [0.1, 0.15) is 0 Å². The Balaban J connectivity index is 3.23. The van der Waals surface area contributed by atoms with E-state index in [0.29, 0.717) is 4.47 Å². The van der Waals surface area contributed by atoms with E-state index in [0.717, 1.165) is 4.57 Å². The van der Waals surface area contributed by atoms with E-state index in [1.807, 2.05) is 0 Å². The smallest absolute Gasteiger partial charge is 0.340 e. The van der Waals surface area contributed by atoms with Crippen LogP contribution in [0.3, 0.4) is 0 Å². The van der Waals surface area contributed by atoms with Crippen molar-refractivity contribution >= 4 is 22.0 Å². The Morgan fingerprint density at radius 1 is 1.75 bits per heavy atom. The van der Waals surface area contributed by atoms with Gasteiger partial charge in [0.15, 0.2) is 0 Å². The molecule has 1 amide bonds. The number of aromatic nitrogens is 2. The number of rotatable bonds is 0. The molecule has 0 aromatic carbocycles. The summed E-state index contributed by atoms with van der Waals surface area (Å²) in [5.41, 5.74) is -0.599. The number of carbonyl (C=O) groups excluding carboxylic acids is 1. The molecule has 0 aliphatic rings. The monoisotopic (exact) mass is 231 g/mol. The van der Waals surface area contributed by atoms with E-state index in [4.69, 9.17) is 0 Å². The second-order valence-corrected chi connectivity index (χ2v) is 2.90. The van der Waals surface area contributed by atoms with Gasteiger partial charge in [-0.25, -0.2) is 14.2 Å². The molecule has 1 aromatic rings. The van der Waals surface area contributed by atoms with E-state index < -0.39 is 11.7 Å². The molecule has 0 unspecified atom stereocenters. The van der Waals surface area contributed by atoms with Crippen LogP contribution in [0.2, 0.25) is 0 Å². The van der Waals surface area contributed by atoms with Gasteiger partial charge in [-0.3, -0.25) is 0 Å². The van der Waals surface area contributed by atoms with Gasteiger partial charge < -0.3 is 5.32 Å². The Morgan fingerprint density at radius 3 is 3.00 bits per heavy atom. The van der Waals surface area contributed by atoms with E-state index in [1.54, 1.807) is 0 Å². The van der Waals surface area contributed by atoms with Gasteiger partial charge in [0.05, 0.1) is 4.47 Å². The normalized spacial score (nSPS) is 9.50. The van der Waals surface area contributed by atoms with Crippen molar-refractivity contribution in [3.8, 4) is 0 Å². The lowest BCUT2D eigenvalue weighted by atomic mass is 10.6. The first-order chi connectivity index (χ1) is 5.65. The van der Waals surface area contributed by atoms with Gasteiger partial charge in [0.1, 0.15) is 0 Å². The highest BCUT2D eigenvalue weighted by Gasteiger charge is 2.04. The molecule has 1 aromatic heterocycles. The van der Waals surface area contributed by atoms with Crippen LogP contribution in [0.15, 0.2) is 21.7 Å². The lowest BCUT2D eigenvalue weighted by molar-refractivity contribution is 0.243. The summed E-state index contributed by atoms with van der Waals surface area (Å²) in [5.74, 6) is 0. The van der Waals surface area contributed by atoms with Gasteiger partial charge in [-0.2, -0.15) is 4.98 Å². The van der Waals surface area contributed by atoms with Gasteiger partial charge in [-0.1, -0.05) is 0 Å². The topological polar surface area (TPSA) is 64.0 Å². The van der Waals surface area contributed by atoms with Gasteiger partial charge in [0.2, 0.25) is 0 Å². The van der Waals surface area contributed by atoms with Crippen molar-refractivity contribution in [3.63, 3.8) is 0 Å². The highest BCUT2D eigenvalue weighted by Crippen LogP contribution is 2.02. The van der Waals surface area contributed by atoms with Gasteiger partial charge in [-0.05, 0) is 15.9 Å². The molecule has 1 heterocycles. The maximum atomic E-state index is 11.0. The molecular weight excluding hydrogens is 226 g/mol. The van der Waals surface area contributed by atoms with Crippen molar-refractivity contribution in [1.29, 1.82) is 0 Å². The molecule has 0 aliphatic heterocycles. The molecule has 0 aliphatic carbocycles. The summed E-state index contributed by atoms with van der Waals surface area (Å²) in [6, 6.07) is -0.506. The fourth-order valence-corrected chi connectivity index (χ4v) is 0.964. The maximum absolute atomic E-state index is 11.0. The van der Waals surface area contributed by atoms with E-state index in [9.17, 15) is 9.59 Å². The van der Waals surface area contributed by atoms with Crippen molar-refractivity contribution < 1.29 is 4.79 Å². The molecule has 1 rings (SSSR count). The Labute approximate surface area is 76.6 Å². The number of nitrogens with zero attached hydrogens (tertiary/aromatic N) is 2. The van der Waals surface area contributed by atoms with Crippen LogP contribution in [0.4, 0.5) is 4.79 Å². The van der Waals surface area contributed by atoms with Crippen molar-refractivity contribution in [1.82, 2.24) is 14.9 Å². The van der Waals surface area contributed by atoms with Crippen molar-refractivity contribution in [2.45, 2.75) is 0 Å². The number of hydrogen-bond donors (Lipinski definition) is 1. The largest absolute Gasteiger partial charge is 0.355 e. The van der Waals surface area contributed by atoms with Gasteiger partial charge in [0.25, 0.3) is 0 Å². The van der Waals surface area contributed by atoms with E-state index in [-0.39, 0.29) is 0 Å². The minimum absolute atomic E-state index is 0.506. The molecule has 0 atom stereocenters. The molecule has 0 bridgehead atoms. The molecule has 0 saturated carbocycles. The molecule has 0 fully saturated rings. The average Bonchev–Trinajstić information content (AvgIpc) is 2.08. The number of halogens is 1. The maximum Gasteiger partial charge on any atom is 0.355 e. The Morgan fingerprint density at radius 2 is 2.42 bits per heavy atom. The number of carbonyl (C=O) groups is 1. The molecular formula is C6H6BrN3O2. The SMILES string of the molecule is CNC(=O)n1cc(Br)cnc1=O. The van der Waals surface area contributed by atoms with E-state index in [2.05, 4.69) is 26.2 Å². The third-order valence-corrected chi connectivity index (χ3v) is 1.60. The third-order valence-electron chi connectivity index (χ3n) is 1.19. The van der Waals surface area contributed by atoms with Crippen LogP contribution in [0.25, 0.3) is 0 Å². The fraction of sp³-hybridized carbons (Fsp3) is 0.167. The summed E-state index contributed by atoms with van der Waals surface area (Å²) in [6.07, 6.45) is 2.69. The Kier molecular flexibility index (Phi) is 2.59. The second kappa shape index (κ2) is 3.48. The van der Waals surface area contributed by atoms with Gasteiger partial charge >= 0.3 is 11.7 Å². The predicted molar refractivity (Wildman–Crippen MR) is 46.1 cm³/mol. The molecule has 0 spiro atoms. The third kappa shape index (κ3) is 1.70. The second-order valence-electron chi connectivity index (χ2n) is 1.98. The van der Waals surface area contributed by atoms with Crippen LogP contribution >= 0.6 is 15.9 Å². The van der Waals surface area contributed by atoms with Gasteiger partial charge in [0, 0.05) is 19.4 Å². The molecule has 5 nitrogen and oxygen atoms in total. The number of nitrogens with one attached hydrogen (secondary N) is 1. The van der Waals surface area contributed by atoms with Crippen molar-refractivity contribution in [3.05, 3.63) is 27.4 Å². The van der Waals surface area contributed by atoms with Crippen LogP contribution in [0, 0.1) is 0 Å².